The maximum Gasteiger partial charge on any atom is 0.0926 e. The van der Waals surface area contributed by atoms with Gasteiger partial charge in [0.15, 0.2) is 0 Å². The average molecular weight is 264 g/mol. The molecule has 0 aliphatic heterocycles. The molecule has 0 fully saturated rings. The Hall–Kier alpha value is -1.20. The number of nitrogens with zero attached hydrogens (tertiary/aromatic N) is 3. The fourth-order valence-corrected chi connectivity index (χ4v) is 2.53. The van der Waals surface area contributed by atoms with E-state index in [1.54, 1.807) is 11.3 Å². The van der Waals surface area contributed by atoms with Crippen molar-refractivity contribution in [3.05, 3.63) is 34.0 Å². The van der Waals surface area contributed by atoms with E-state index in [1.807, 2.05) is 10.9 Å². The Labute approximate surface area is 112 Å². The van der Waals surface area contributed by atoms with E-state index in [4.69, 9.17) is 0 Å². The molecule has 0 aliphatic carbocycles. The molecule has 2 aromatic rings. The van der Waals surface area contributed by atoms with Crippen molar-refractivity contribution in [1.82, 2.24) is 20.1 Å². The molecule has 1 atom stereocenters. The standard InChI is InChI=1S/C13H20N4S/c1-4-13-16-12(9-18-13)6-14-11(3)8-17-7-10(2)5-15-17/h5,7,9,11,14H,4,6,8H2,1-3H3/t11-/m1/s1. The molecule has 2 aromatic heterocycles. The van der Waals surface area contributed by atoms with Gasteiger partial charge in [-0.15, -0.1) is 11.3 Å². The lowest BCUT2D eigenvalue weighted by Gasteiger charge is -2.12. The number of aryl methyl sites for hydroxylation is 2. The summed E-state index contributed by atoms with van der Waals surface area (Å²) < 4.78 is 1.98. The first-order valence-corrected chi connectivity index (χ1v) is 7.21. The molecule has 0 saturated carbocycles. The SMILES string of the molecule is CCc1nc(CN[C@H](C)Cn2cc(C)cn2)cs1. The molecule has 0 spiro atoms. The molecule has 98 valence electrons. The molecule has 0 bridgehead atoms. The second-order valence-corrected chi connectivity index (χ2v) is 5.55. The van der Waals surface area contributed by atoms with Crippen molar-refractivity contribution in [2.75, 3.05) is 0 Å². The normalized spacial score (nSPS) is 12.8. The highest BCUT2D eigenvalue weighted by Gasteiger charge is 2.05. The predicted octanol–water partition coefficient (Wildman–Crippen LogP) is 2.39. The Kier molecular flexibility index (Phi) is 4.49. The van der Waals surface area contributed by atoms with E-state index >= 15 is 0 Å². The highest BCUT2D eigenvalue weighted by atomic mass is 32.1. The van der Waals surface area contributed by atoms with Crippen LogP contribution in [0.2, 0.25) is 0 Å². The summed E-state index contributed by atoms with van der Waals surface area (Å²) in [5.41, 5.74) is 2.34. The van der Waals surface area contributed by atoms with Gasteiger partial charge in [0.1, 0.15) is 0 Å². The summed E-state index contributed by atoms with van der Waals surface area (Å²) in [5.74, 6) is 0. The van der Waals surface area contributed by atoms with E-state index in [2.05, 4.69) is 47.7 Å². The fourth-order valence-electron chi connectivity index (χ4n) is 1.78. The summed E-state index contributed by atoms with van der Waals surface area (Å²) in [4.78, 5) is 4.55. The number of hydrogen-bond donors (Lipinski definition) is 1. The van der Waals surface area contributed by atoms with Crippen LogP contribution in [-0.4, -0.2) is 20.8 Å². The molecule has 0 aromatic carbocycles. The molecule has 0 unspecified atom stereocenters. The van der Waals surface area contributed by atoms with Gasteiger partial charge in [0.05, 0.1) is 23.4 Å². The third kappa shape index (κ3) is 3.65. The summed E-state index contributed by atoms with van der Waals surface area (Å²) in [5, 5.41) is 11.1. The third-order valence-electron chi connectivity index (χ3n) is 2.76. The molecule has 1 N–H and O–H groups in total. The van der Waals surface area contributed by atoms with Crippen LogP contribution in [0.25, 0.3) is 0 Å². The molecule has 2 heterocycles. The zero-order valence-electron chi connectivity index (χ0n) is 11.2. The summed E-state index contributed by atoms with van der Waals surface area (Å²) >= 11 is 1.74. The molecule has 0 amide bonds. The number of rotatable bonds is 6. The zero-order valence-corrected chi connectivity index (χ0v) is 12.0. The highest BCUT2D eigenvalue weighted by Crippen LogP contribution is 2.10. The molecule has 18 heavy (non-hydrogen) atoms. The monoisotopic (exact) mass is 264 g/mol. The van der Waals surface area contributed by atoms with E-state index in [1.165, 1.54) is 10.6 Å². The summed E-state index contributed by atoms with van der Waals surface area (Å²) in [6.07, 6.45) is 4.98. The Bertz CT molecular complexity index is 489. The summed E-state index contributed by atoms with van der Waals surface area (Å²) in [6, 6.07) is 0.385. The Morgan fingerprint density at radius 3 is 2.94 bits per heavy atom. The Balaban J connectivity index is 1.79. The van der Waals surface area contributed by atoms with E-state index in [-0.39, 0.29) is 0 Å². The van der Waals surface area contributed by atoms with Crippen LogP contribution in [0.1, 0.15) is 30.1 Å². The summed E-state index contributed by atoms with van der Waals surface area (Å²) in [6.45, 7) is 8.09. The van der Waals surface area contributed by atoms with E-state index < -0.39 is 0 Å². The van der Waals surface area contributed by atoms with Crippen LogP contribution < -0.4 is 5.32 Å². The van der Waals surface area contributed by atoms with Gasteiger partial charge in [-0.1, -0.05) is 6.92 Å². The molecule has 0 radical (unpaired) electrons. The van der Waals surface area contributed by atoms with Gasteiger partial charge in [-0.25, -0.2) is 4.98 Å². The minimum Gasteiger partial charge on any atom is -0.307 e. The van der Waals surface area contributed by atoms with Crippen LogP contribution in [0.4, 0.5) is 0 Å². The molecular weight excluding hydrogens is 244 g/mol. The molecule has 5 heteroatoms. The number of hydrogen-bond acceptors (Lipinski definition) is 4. The molecule has 2 rings (SSSR count). The quantitative estimate of drug-likeness (QED) is 0.871. The van der Waals surface area contributed by atoms with Crippen molar-refractivity contribution in [2.24, 2.45) is 0 Å². The minimum atomic E-state index is 0.385. The van der Waals surface area contributed by atoms with E-state index in [9.17, 15) is 0 Å². The third-order valence-corrected chi connectivity index (χ3v) is 3.80. The van der Waals surface area contributed by atoms with Gasteiger partial charge in [0.2, 0.25) is 0 Å². The number of thiazole rings is 1. The van der Waals surface area contributed by atoms with Gasteiger partial charge >= 0.3 is 0 Å². The van der Waals surface area contributed by atoms with Crippen LogP contribution in [0.5, 0.6) is 0 Å². The lowest BCUT2D eigenvalue weighted by atomic mass is 10.3. The van der Waals surface area contributed by atoms with Gasteiger partial charge in [-0.2, -0.15) is 5.10 Å². The van der Waals surface area contributed by atoms with E-state index in [0.717, 1.165) is 25.2 Å². The van der Waals surface area contributed by atoms with Crippen molar-refractivity contribution in [2.45, 2.75) is 46.3 Å². The van der Waals surface area contributed by atoms with Crippen molar-refractivity contribution in [3.8, 4) is 0 Å². The molecule has 4 nitrogen and oxygen atoms in total. The Morgan fingerprint density at radius 1 is 1.50 bits per heavy atom. The fraction of sp³-hybridized carbons (Fsp3) is 0.538. The largest absolute Gasteiger partial charge is 0.307 e. The van der Waals surface area contributed by atoms with Crippen molar-refractivity contribution >= 4 is 11.3 Å². The first kappa shape index (κ1) is 13.2. The Morgan fingerprint density at radius 2 is 2.33 bits per heavy atom. The first-order valence-electron chi connectivity index (χ1n) is 6.33. The van der Waals surface area contributed by atoms with Crippen molar-refractivity contribution < 1.29 is 0 Å². The van der Waals surface area contributed by atoms with Crippen molar-refractivity contribution in [1.29, 1.82) is 0 Å². The highest BCUT2D eigenvalue weighted by molar-refractivity contribution is 7.09. The summed E-state index contributed by atoms with van der Waals surface area (Å²) in [7, 11) is 0. The zero-order chi connectivity index (χ0) is 13.0. The topological polar surface area (TPSA) is 42.7 Å². The van der Waals surface area contributed by atoms with Crippen LogP contribution in [0.3, 0.4) is 0 Å². The lowest BCUT2D eigenvalue weighted by molar-refractivity contribution is 0.448. The van der Waals surface area contributed by atoms with Gasteiger partial charge in [0, 0.05) is 24.2 Å². The lowest BCUT2D eigenvalue weighted by Crippen LogP contribution is -2.30. The van der Waals surface area contributed by atoms with E-state index in [0.29, 0.717) is 6.04 Å². The molecule has 0 saturated heterocycles. The van der Waals surface area contributed by atoms with Crippen LogP contribution in [0, 0.1) is 6.92 Å². The van der Waals surface area contributed by atoms with Gasteiger partial charge in [-0.3, -0.25) is 4.68 Å². The van der Waals surface area contributed by atoms with Gasteiger partial charge in [0.25, 0.3) is 0 Å². The van der Waals surface area contributed by atoms with Gasteiger partial charge < -0.3 is 5.32 Å². The first-order chi connectivity index (χ1) is 8.67. The molecule has 0 aliphatic rings. The van der Waals surface area contributed by atoms with Crippen LogP contribution in [0.15, 0.2) is 17.8 Å². The van der Waals surface area contributed by atoms with Gasteiger partial charge in [-0.05, 0) is 25.8 Å². The maximum absolute atomic E-state index is 4.55. The van der Waals surface area contributed by atoms with Crippen LogP contribution >= 0.6 is 11.3 Å². The smallest absolute Gasteiger partial charge is 0.0926 e. The van der Waals surface area contributed by atoms with Crippen molar-refractivity contribution in [3.63, 3.8) is 0 Å². The minimum absolute atomic E-state index is 0.385. The average Bonchev–Trinajstić information content (AvgIpc) is 2.95. The number of aromatic nitrogens is 3. The predicted molar refractivity (Wildman–Crippen MR) is 74.8 cm³/mol. The van der Waals surface area contributed by atoms with Crippen LogP contribution in [-0.2, 0) is 19.5 Å². The second kappa shape index (κ2) is 6.11. The molecular formula is C13H20N4S. The second-order valence-electron chi connectivity index (χ2n) is 4.61. The number of nitrogens with one attached hydrogen (secondary N) is 1. The maximum atomic E-state index is 4.55.